The maximum absolute atomic E-state index is 10.3. The molecule has 66 valence electrons. The van der Waals surface area contributed by atoms with Gasteiger partial charge in [0.15, 0.2) is 0 Å². The molecule has 0 fully saturated rings. The zero-order valence-electron chi connectivity index (χ0n) is 7.58. The summed E-state index contributed by atoms with van der Waals surface area (Å²) >= 11 is 0. The number of hydrogen-bond acceptors (Lipinski definition) is 3. The lowest BCUT2D eigenvalue weighted by Gasteiger charge is -2.21. The Morgan fingerprint density at radius 3 is 2.36 bits per heavy atom. The van der Waals surface area contributed by atoms with E-state index in [1.165, 1.54) is 0 Å². The van der Waals surface area contributed by atoms with Crippen LogP contribution in [0.3, 0.4) is 0 Å². The number of nitrogens with two attached hydrogens (primary N) is 1. The van der Waals surface area contributed by atoms with Crippen LogP contribution in [0.4, 0.5) is 0 Å². The molecular formula is C8H18N2O. The largest absolute Gasteiger partial charge is 0.321 e. The third kappa shape index (κ3) is 4.11. The van der Waals surface area contributed by atoms with Crippen LogP contribution in [0.25, 0.3) is 0 Å². The molecule has 0 radical (unpaired) electrons. The van der Waals surface area contributed by atoms with E-state index in [2.05, 4.69) is 11.8 Å². The molecule has 0 aromatic rings. The minimum atomic E-state index is -0.303. The fourth-order valence-electron chi connectivity index (χ4n) is 1.10. The smallest absolute Gasteiger partial charge is 0.137 e. The minimum Gasteiger partial charge on any atom is -0.321 e. The van der Waals surface area contributed by atoms with E-state index in [-0.39, 0.29) is 6.04 Å². The molecule has 0 aromatic carbocycles. The van der Waals surface area contributed by atoms with Gasteiger partial charge in [0.05, 0.1) is 6.04 Å². The van der Waals surface area contributed by atoms with E-state index in [0.29, 0.717) is 5.92 Å². The molecule has 0 spiro atoms. The van der Waals surface area contributed by atoms with E-state index in [1.807, 2.05) is 14.1 Å². The van der Waals surface area contributed by atoms with Gasteiger partial charge in [-0.1, -0.05) is 13.3 Å². The Balaban J connectivity index is 3.83. The van der Waals surface area contributed by atoms with Gasteiger partial charge in [0.2, 0.25) is 0 Å². The van der Waals surface area contributed by atoms with Gasteiger partial charge < -0.3 is 15.4 Å². The second-order valence-electron chi connectivity index (χ2n) is 3.14. The Morgan fingerprint density at radius 1 is 1.55 bits per heavy atom. The van der Waals surface area contributed by atoms with Crippen LogP contribution >= 0.6 is 0 Å². The average molecular weight is 158 g/mol. The first-order valence-electron chi connectivity index (χ1n) is 3.97. The average Bonchev–Trinajstić information content (AvgIpc) is 1.98. The van der Waals surface area contributed by atoms with Crippen LogP contribution in [0.1, 0.15) is 13.3 Å². The highest BCUT2D eigenvalue weighted by atomic mass is 16.1. The van der Waals surface area contributed by atoms with Crippen LogP contribution in [0, 0.1) is 5.92 Å². The highest BCUT2D eigenvalue weighted by Gasteiger charge is 2.15. The minimum absolute atomic E-state index is 0.294. The van der Waals surface area contributed by atoms with Crippen LogP contribution in [0.5, 0.6) is 0 Å². The number of carbonyl (C=O) groups is 1. The van der Waals surface area contributed by atoms with Crippen molar-refractivity contribution in [3.8, 4) is 0 Å². The summed E-state index contributed by atoms with van der Waals surface area (Å²) in [5.74, 6) is 0.294. The highest BCUT2D eigenvalue weighted by Crippen LogP contribution is 2.05. The molecule has 0 amide bonds. The van der Waals surface area contributed by atoms with Crippen molar-refractivity contribution < 1.29 is 4.79 Å². The van der Waals surface area contributed by atoms with E-state index in [1.54, 1.807) is 0 Å². The Labute approximate surface area is 68.6 Å². The van der Waals surface area contributed by atoms with Crippen LogP contribution in [-0.2, 0) is 4.79 Å². The monoisotopic (exact) mass is 158 g/mol. The topological polar surface area (TPSA) is 46.3 Å². The zero-order chi connectivity index (χ0) is 8.85. The molecule has 0 aliphatic rings. The molecule has 2 N–H and O–H groups in total. The molecule has 0 aliphatic heterocycles. The lowest BCUT2D eigenvalue weighted by molar-refractivity contribution is -0.110. The van der Waals surface area contributed by atoms with Gasteiger partial charge in [-0.25, -0.2) is 0 Å². The van der Waals surface area contributed by atoms with Crippen molar-refractivity contribution >= 4 is 6.29 Å². The Bertz CT molecular complexity index is 115. The molecule has 2 atom stereocenters. The van der Waals surface area contributed by atoms with Gasteiger partial charge in [-0.05, 0) is 20.0 Å². The summed E-state index contributed by atoms with van der Waals surface area (Å²) < 4.78 is 0. The summed E-state index contributed by atoms with van der Waals surface area (Å²) in [6.45, 7) is 2.94. The van der Waals surface area contributed by atoms with Gasteiger partial charge in [0, 0.05) is 6.54 Å². The Hall–Kier alpha value is -0.410. The molecular weight excluding hydrogens is 140 g/mol. The highest BCUT2D eigenvalue weighted by molar-refractivity contribution is 5.57. The summed E-state index contributed by atoms with van der Waals surface area (Å²) in [4.78, 5) is 12.4. The third-order valence-electron chi connectivity index (χ3n) is 1.83. The van der Waals surface area contributed by atoms with Crippen molar-refractivity contribution in [3.05, 3.63) is 0 Å². The molecule has 0 rings (SSSR count). The normalized spacial score (nSPS) is 16.5. The van der Waals surface area contributed by atoms with Crippen LogP contribution in [0.2, 0.25) is 0 Å². The van der Waals surface area contributed by atoms with Gasteiger partial charge >= 0.3 is 0 Å². The van der Waals surface area contributed by atoms with E-state index in [4.69, 9.17) is 5.73 Å². The fourth-order valence-corrected chi connectivity index (χ4v) is 1.10. The van der Waals surface area contributed by atoms with Crippen molar-refractivity contribution in [1.82, 2.24) is 4.90 Å². The SMILES string of the molecule is CCC(CN(C)C)C(N)C=O. The lowest BCUT2D eigenvalue weighted by Crippen LogP contribution is -2.37. The Morgan fingerprint density at radius 2 is 2.09 bits per heavy atom. The number of rotatable bonds is 5. The molecule has 0 heterocycles. The maximum atomic E-state index is 10.3. The van der Waals surface area contributed by atoms with Gasteiger partial charge in [-0.2, -0.15) is 0 Å². The van der Waals surface area contributed by atoms with E-state index in [9.17, 15) is 4.79 Å². The molecule has 0 aromatic heterocycles. The Kier molecular flexibility index (Phi) is 5.07. The van der Waals surface area contributed by atoms with Gasteiger partial charge in [0.25, 0.3) is 0 Å². The first-order chi connectivity index (χ1) is 5.11. The second-order valence-corrected chi connectivity index (χ2v) is 3.14. The predicted octanol–water partition coefficient (Wildman–Crippen LogP) is 0.100. The summed E-state index contributed by atoms with van der Waals surface area (Å²) in [5.41, 5.74) is 5.58. The van der Waals surface area contributed by atoms with Crippen LogP contribution < -0.4 is 5.73 Å². The van der Waals surface area contributed by atoms with E-state index in [0.717, 1.165) is 19.3 Å². The van der Waals surface area contributed by atoms with Crippen molar-refractivity contribution in [1.29, 1.82) is 0 Å². The van der Waals surface area contributed by atoms with Crippen molar-refractivity contribution in [3.63, 3.8) is 0 Å². The zero-order valence-corrected chi connectivity index (χ0v) is 7.58. The number of carbonyl (C=O) groups excluding carboxylic acids is 1. The standard InChI is InChI=1S/C8H18N2O/c1-4-7(5-10(2)3)8(9)6-11/h6-8H,4-5,9H2,1-3H3. The van der Waals surface area contributed by atoms with E-state index >= 15 is 0 Å². The van der Waals surface area contributed by atoms with Gasteiger partial charge in [-0.3, -0.25) is 0 Å². The maximum Gasteiger partial charge on any atom is 0.137 e. The number of aldehydes is 1. The second kappa shape index (κ2) is 5.27. The van der Waals surface area contributed by atoms with Crippen molar-refractivity contribution in [2.45, 2.75) is 19.4 Å². The molecule has 2 unspecified atom stereocenters. The van der Waals surface area contributed by atoms with Crippen molar-refractivity contribution in [2.75, 3.05) is 20.6 Å². The van der Waals surface area contributed by atoms with Gasteiger partial charge in [-0.15, -0.1) is 0 Å². The molecule has 0 bridgehead atoms. The fraction of sp³-hybridized carbons (Fsp3) is 0.875. The molecule has 0 saturated heterocycles. The first kappa shape index (κ1) is 10.6. The molecule has 3 nitrogen and oxygen atoms in total. The van der Waals surface area contributed by atoms with Crippen LogP contribution in [0.15, 0.2) is 0 Å². The molecule has 0 aliphatic carbocycles. The van der Waals surface area contributed by atoms with Crippen LogP contribution in [-0.4, -0.2) is 37.9 Å². The molecule has 0 saturated carbocycles. The third-order valence-corrected chi connectivity index (χ3v) is 1.83. The number of nitrogens with zero attached hydrogens (tertiary/aromatic N) is 1. The molecule has 11 heavy (non-hydrogen) atoms. The summed E-state index contributed by atoms with van der Waals surface area (Å²) in [6.07, 6.45) is 1.79. The summed E-state index contributed by atoms with van der Waals surface area (Å²) in [6, 6.07) is -0.303. The number of hydrogen-bond donors (Lipinski definition) is 1. The quantitative estimate of drug-likeness (QED) is 0.577. The predicted molar refractivity (Wildman–Crippen MR) is 46.4 cm³/mol. The molecule has 3 heteroatoms. The summed E-state index contributed by atoms with van der Waals surface area (Å²) in [5, 5.41) is 0. The lowest BCUT2D eigenvalue weighted by atomic mass is 9.98. The van der Waals surface area contributed by atoms with E-state index < -0.39 is 0 Å². The van der Waals surface area contributed by atoms with Crippen molar-refractivity contribution in [2.24, 2.45) is 11.7 Å². The first-order valence-corrected chi connectivity index (χ1v) is 3.97. The summed E-state index contributed by atoms with van der Waals surface area (Å²) in [7, 11) is 3.97. The van der Waals surface area contributed by atoms with Gasteiger partial charge in [0.1, 0.15) is 6.29 Å².